The van der Waals surface area contributed by atoms with Gasteiger partial charge < -0.3 is 4.74 Å². The average molecular weight is 210 g/mol. The van der Waals surface area contributed by atoms with Gasteiger partial charge in [0.25, 0.3) is 0 Å². The lowest BCUT2D eigenvalue weighted by Gasteiger charge is -2.05. The topological polar surface area (TPSA) is 9.23 Å². The molecule has 0 unspecified atom stereocenters. The van der Waals surface area contributed by atoms with Gasteiger partial charge in [0.05, 0.1) is 6.61 Å². The molecular weight excluding hydrogens is 192 g/mol. The van der Waals surface area contributed by atoms with Crippen molar-refractivity contribution in [3.8, 4) is 5.75 Å². The molecule has 0 N–H and O–H groups in total. The summed E-state index contributed by atoms with van der Waals surface area (Å²) in [6, 6.07) is 8.36. The lowest BCUT2D eigenvalue weighted by molar-refractivity contribution is 0.318. The Morgan fingerprint density at radius 3 is 2.50 bits per heavy atom. The summed E-state index contributed by atoms with van der Waals surface area (Å²) >= 11 is 1.86. The first-order chi connectivity index (χ1) is 6.86. The van der Waals surface area contributed by atoms with Crippen LogP contribution >= 0.6 is 11.8 Å². The Bertz CT molecular complexity index is 243. The Hall–Kier alpha value is -0.630. The van der Waals surface area contributed by atoms with Crippen molar-refractivity contribution in [1.29, 1.82) is 0 Å². The van der Waals surface area contributed by atoms with E-state index in [2.05, 4.69) is 37.4 Å². The van der Waals surface area contributed by atoms with Crippen LogP contribution in [0.5, 0.6) is 5.75 Å². The number of rotatable bonds is 6. The van der Waals surface area contributed by atoms with Crippen molar-refractivity contribution in [1.82, 2.24) is 0 Å². The summed E-state index contributed by atoms with van der Waals surface area (Å²) in [5.41, 5.74) is 1.36. The van der Waals surface area contributed by atoms with Gasteiger partial charge in [0.15, 0.2) is 0 Å². The quantitative estimate of drug-likeness (QED) is 0.666. The SMILES string of the molecule is CCc1ccc(OCCCSC)cc1. The Balaban J connectivity index is 2.29. The minimum absolute atomic E-state index is 0.826. The van der Waals surface area contributed by atoms with E-state index >= 15 is 0 Å². The van der Waals surface area contributed by atoms with E-state index in [0.717, 1.165) is 25.2 Å². The average Bonchev–Trinajstić information content (AvgIpc) is 2.25. The van der Waals surface area contributed by atoms with E-state index in [4.69, 9.17) is 4.74 Å². The van der Waals surface area contributed by atoms with Crippen LogP contribution in [0.1, 0.15) is 18.9 Å². The molecule has 2 heteroatoms. The molecule has 14 heavy (non-hydrogen) atoms. The molecule has 0 bridgehead atoms. The van der Waals surface area contributed by atoms with Gasteiger partial charge in [-0.05, 0) is 42.5 Å². The van der Waals surface area contributed by atoms with Crippen LogP contribution in [0, 0.1) is 0 Å². The molecular formula is C12H18OS. The molecule has 1 nitrogen and oxygen atoms in total. The zero-order valence-electron chi connectivity index (χ0n) is 8.95. The van der Waals surface area contributed by atoms with Gasteiger partial charge in [0.1, 0.15) is 5.75 Å². The van der Waals surface area contributed by atoms with Crippen LogP contribution in [-0.4, -0.2) is 18.6 Å². The predicted molar refractivity (Wildman–Crippen MR) is 64.3 cm³/mol. The van der Waals surface area contributed by atoms with Crippen molar-refractivity contribution in [2.75, 3.05) is 18.6 Å². The molecule has 0 amide bonds. The fourth-order valence-electron chi connectivity index (χ4n) is 1.21. The lowest BCUT2D eigenvalue weighted by Crippen LogP contribution is -1.98. The molecule has 1 aromatic rings. The third-order valence-electron chi connectivity index (χ3n) is 2.09. The number of hydrogen-bond acceptors (Lipinski definition) is 2. The first kappa shape index (κ1) is 11.4. The molecule has 0 aliphatic rings. The van der Waals surface area contributed by atoms with Crippen LogP contribution in [-0.2, 0) is 6.42 Å². The molecule has 0 aromatic heterocycles. The summed E-state index contributed by atoms with van der Waals surface area (Å²) in [7, 11) is 0. The van der Waals surface area contributed by atoms with Crippen molar-refractivity contribution in [2.24, 2.45) is 0 Å². The van der Waals surface area contributed by atoms with Gasteiger partial charge in [-0.25, -0.2) is 0 Å². The van der Waals surface area contributed by atoms with Crippen molar-refractivity contribution in [3.63, 3.8) is 0 Å². The van der Waals surface area contributed by atoms with Crippen molar-refractivity contribution in [2.45, 2.75) is 19.8 Å². The molecule has 0 radical (unpaired) electrons. The van der Waals surface area contributed by atoms with E-state index in [-0.39, 0.29) is 0 Å². The van der Waals surface area contributed by atoms with Gasteiger partial charge in [-0.2, -0.15) is 11.8 Å². The summed E-state index contributed by atoms with van der Waals surface area (Å²) < 4.78 is 5.59. The largest absolute Gasteiger partial charge is 0.494 e. The van der Waals surface area contributed by atoms with Crippen molar-refractivity contribution in [3.05, 3.63) is 29.8 Å². The molecule has 0 spiro atoms. The second-order valence-corrected chi connectivity index (χ2v) is 4.18. The Morgan fingerprint density at radius 2 is 1.93 bits per heavy atom. The maximum absolute atomic E-state index is 5.59. The third kappa shape index (κ3) is 4.05. The van der Waals surface area contributed by atoms with Gasteiger partial charge in [-0.1, -0.05) is 19.1 Å². The minimum Gasteiger partial charge on any atom is -0.494 e. The summed E-state index contributed by atoms with van der Waals surface area (Å²) in [5.74, 6) is 2.16. The lowest BCUT2D eigenvalue weighted by atomic mass is 10.2. The fourth-order valence-corrected chi connectivity index (χ4v) is 1.62. The van der Waals surface area contributed by atoms with E-state index in [0.29, 0.717) is 0 Å². The Labute approximate surface area is 90.9 Å². The van der Waals surface area contributed by atoms with E-state index in [1.807, 2.05) is 11.8 Å². The summed E-state index contributed by atoms with van der Waals surface area (Å²) in [6.45, 7) is 2.99. The summed E-state index contributed by atoms with van der Waals surface area (Å²) in [4.78, 5) is 0. The molecule has 0 aliphatic carbocycles. The predicted octanol–water partition coefficient (Wildman–Crippen LogP) is 3.38. The second-order valence-electron chi connectivity index (χ2n) is 3.19. The number of hydrogen-bond donors (Lipinski definition) is 0. The molecule has 0 fully saturated rings. The summed E-state index contributed by atoms with van der Waals surface area (Å²) in [5, 5.41) is 0. The Kier molecular flexibility index (Phi) is 5.53. The van der Waals surface area contributed by atoms with Gasteiger partial charge in [-0.3, -0.25) is 0 Å². The van der Waals surface area contributed by atoms with E-state index < -0.39 is 0 Å². The number of benzene rings is 1. The standard InChI is InChI=1S/C12H18OS/c1-3-11-5-7-12(8-6-11)13-9-4-10-14-2/h5-8H,3-4,9-10H2,1-2H3. The number of ether oxygens (including phenoxy) is 1. The highest BCUT2D eigenvalue weighted by Crippen LogP contribution is 2.12. The maximum Gasteiger partial charge on any atom is 0.119 e. The van der Waals surface area contributed by atoms with E-state index in [1.54, 1.807) is 0 Å². The normalized spacial score (nSPS) is 10.1. The first-order valence-electron chi connectivity index (χ1n) is 5.07. The number of thioether (sulfide) groups is 1. The molecule has 0 aliphatic heterocycles. The molecule has 0 atom stereocenters. The second kappa shape index (κ2) is 6.77. The fraction of sp³-hybridized carbons (Fsp3) is 0.500. The maximum atomic E-state index is 5.59. The van der Waals surface area contributed by atoms with Gasteiger partial charge in [-0.15, -0.1) is 0 Å². The van der Waals surface area contributed by atoms with Crippen molar-refractivity contribution < 1.29 is 4.74 Å². The minimum atomic E-state index is 0.826. The molecule has 1 aromatic carbocycles. The van der Waals surface area contributed by atoms with Crippen LogP contribution in [0.25, 0.3) is 0 Å². The highest BCUT2D eigenvalue weighted by Gasteiger charge is 1.93. The molecule has 0 heterocycles. The van der Waals surface area contributed by atoms with Gasteiger partial charge in [0, 0.05) is 0 Å². The highest BCUT2D eigenvalue weighted by molar-refractivity contribution is 7.98. The van der Waals surface area contributed by atoms with Crippen LogP contribution in [0.15, 0.2) is 24.3 Å². The van der Waals surface area contributed by atoms with Gasteiger partial charge in [0.2, 0.25) is 0 Å². The van der Waals surface area contributed by atoms with Gasteiger partial charge >= 0.3 is 0 Å². The number of aryl methyl sites for hydroxylation is 1. The van der Waals surface area contributed by atoms with Crippen LogP contribution in [0.3, 0.4) is 0 Å². The van der Waals surface area contributed by atoms with Crippen molar-refractivity contribution >= 4 is 11.8 Å². The molecule has 78 valence electrons. The highest BCUT2D eigenvalue weighted by atomic mass is 32.2. The third-order valence-corrected chi connectivity index (χ3v) is 2.79. The Morgan fingerprint density at radius 1 is 1.21 bits per heavy atom. The zero-order chi connectivity index (χ0) is 10.2. The zero-order valence-corrected chi connectivity index (χ0v) is 9.77. The van der Waals surface area contributed by atoms with Crippen LogP contribution in [0.2, 0.25) is 0 Å². The molecule has 0 saturated carbocycles. The van der Waals surface area contributed by atoms with Crippen LogP contribution < -0.4 is 4.74 Å². The van der Waals surface area contributed by atoms with Crippen LogP contribution in [0.4, 0.5) is 0 Å². The molecule has 1 rings (SSSR count). The molecule has 0 saturated heterocycles. The van der Waals surface area contributed by atoms with E-state index in [9.17, 15) is 0 Å². The van der Waals surface area contributed by atoms with E-state index in [1.165, 1.54) is 11.3 Å². The first-order valence-corrected chi connectivity index (χ1v) is 6.47. The smallest absolute Gasteiger partial charge is 0.119 e. The monoisotopic (exact) mass is 210 g/mol. The summed E-state index contributed by atoms with van der Waals surface area (Å²) in [6.07, 6.45) is 4.33.